The molecule has 0 aliphatic heterocycles. The number of aliphatic hydroxyl groups excluding tert-OH is 1. The van der Waals surface area contributed by atoms with E-state index < -0.39 is 16.1 Å². The summed E-state index contributed by atoms with van der Waals surface area (Å²) >= 11 is 0. The van der Waals surface area contributed by atoms with Gasteiger partial charge in [0.1, 0.15) is 23.4 Å². The second kappa shape index (κ2) is 7.58. The van der Waals surface area contributed by atoms with Crippen LogP contribution < -0.4 is 9.46 Å². The van der Waals surface area contributed by atoms with E-state index in [9.17, 15) is 13.5 Å². The monoisotopic (exact) mass is 339 g/mol. The Morgan fingerprint density at radius 3 is 2.65 bits per heavy atom. The van der Waals surface area contributed by atoms with Crippen LogP contribution in [0, 0.1) is 6.92 Å². The Labute approximate surface area is 136 Å². The Kier molecular flexibility index (Phi) is 5.75. The molecule has 0 aliphatic rings. The van der Waals surface area contributed by atoms with E-state index in [1.54, 1.807) is 12.1 Å². The third-order valence-corrected chi connectivity index (χ3v) is 4.59. The molecule has 0 radical (unpaired) electrons. The van der Waals surface area contributed by atoms with Gasteiger partial charge in [0, 0.05) is 19.3 Å². The zero-order valence-corrected chi connectivity index (χ0v) is 14.0. The summed E-state index contributed by atoms with van der Waals surface area (Å²) in [5.41, 5.74) is 1.11. The lowest BCUT2D eigenvalue weighted by atomic mass is 10.2. The minimum atomic E-state index is -3.68. The number of sulfonamides is 1. The molecule has 1 aromatic heterocycles. The van der Waals surface area contributed by atoms with Gasteiger partial charge >= 0.3 is 0 Å². The lowest BCUT2D eigenvalue weighted by molar-refractivity contribution is 0.111. The summed E-state index contributed by atoms with van der Waals surface area (Å²) in [6, 6.07) is 7.39. The molecule has 1 aromatic carbocycles. The van der Waals surface area contributed by atoms with Gasteiger partial charge in [0.05, 0.1) is 6.20 Å². The fourth-order valence-electron chi connectivity index (χ4n) is 1.83. The van der Waals surface area contributed by atoms with Gasteiger partial charge in [0.15, 0.2) is 0 Å². The van der Waals surface area contributed by atoms with Gasteiger partial charge in [-0.1, -0.05) is 17.7 Å². The van der Waals surface area contributed by atoms with Gasteiger partial charge in [0.2, 0.25) is 10.0 Å². The van der Waals surface area contributed by atoms with Crippen LogP contribution >= 0.6 is 0 Å². The van der Waals surface area contributed by atoms with Crippen molar-refractivity contribution in [1.82, 2.24) is 14.5 Å². The molecule has 0 saturated heterocycles. The van der Waals surface area contributed by atoms with Crippen LogP contribution in [0.25, 0.3) is 0 Å². The molecule has 2 rings (SSSR count). The highest BCUT2D eigenvalue weighted by Crippen LogP contribution is 2.12. The van der Waals surface area contributed by atoms with Crippen molar-refractivity contribution in [3.8, 4) is 5.75 Å². The maximum Gasteiger partial charge on any atom is 0.243 e. The van der Waals surface area contributed by atoms with E-state index in [-0.39, 0.29) is 18.0 Å². The van der Waals surface area contributed by atoms with Gasteiger partial charge in [-0.25, -0.2) is 13.1 Å². The Morgan fingerprint density at radius 1 is 1.35 bits per heavy atom. The Balaban J connectivity index is 1.83. The molecule has 2 N–H and O–H groups in total. The molecule has 0 fully saturated rings. The van der Waals surface area contributed by atoms with E-state index in [1.165, 1.54) is 17.1 Å². The second-order valence-corrected chi connectivity index (χ2v) is 6.93. The third kappa shape index (κ3) is 5.05. The number of hydrogen-bond donors (Lipinski definition) is 2. The van der Waals surface area contributed by atoms with Crippen LogP contribution in [0.2, 0.25) is 0 Å². The first-order chi connectivity index (χ1) is 10.9. The lowest BCUT2D eigenvalue weighted by Gasteiger charge is -2.13. The maximum atomic E-state index is 12.1. The number of nitrogens with zero attached hydrogens (tertiary/aromatic N) is 2. The lowest BCUT2D eigenvalue weighted by Crippen LogP contribution is -2.35. The Bertz CT molecular complexity index is 725. The maximum absolute atomic E-state index is 12.1. The van der Waals surface area contributed by atoms with Gasteiger partial charge in [-0.15, -0.1) is 0 Å². The summed E-state index contributed by atoms with van der Waals surface area (Å²) < 4.78 is 33.4. The van der Waals surface area contributed by atoms with Gasteiger partial charge in [-0.05, 0) is 26.0 Å². The highest BCUT2D eigenvalue weighted by Gasteiger charge is 2.18. The molecule has 126 valence electrons. The molecule has 0 bridgehead atoms. The highest BCUT2D eigenvalue weighted by molar-refractivity contribution is 7.89. The van der Waals surface area contributed by atoms with Crippen molar-refractivity contribution >= 4 is 10.0 Å². The summed E-state index contributed by atoms with van der Waals surface area (Å²) in [7, 11) is -3.68. The van der Waals surface area contributed by atoms with Crippen LogP contribution in [0.3, 0.4) is 0 Å². The van der Waals surface area contributed by atoms with Gasteiger partial charge in [-0.2, -0.15) is 5.10 Å². The summed E-state index contributed by atoms with van der Waals surface area (Å²) in [6.45, 7) is 4.28. The normalized spacial score (nSPS) is 13.0. The van der Waals surface area contributed by atoms with Crippen molar-refractivity contribution in [3.05, 3.63) is 42.2 Å². The number of aryl methyl sites for hydroxylation is 2. The molecule has 0 amide bonds. The molecule has 7 nitrogen and oxygen atoms in total. The summed E-state index contributed by atoms with van der Waals surface area (Å²) in [6.07, 6.45) is 1.77. The topological polar surface area (TPSA) is 93.5 Å². The number of benzene rings is 1. The first kappa shape index (κ1) is 17.5. The Morgan fingerprint density at radius 2 is 2.04 bits per heavy atom. The number of ether oxygens (including phenoxy) is 1. The molecule has 8 heteroatoms. The molecule has 2 aromatic rings. The molecule has 0 unspecified atom stereocenters. The average Bonchev–Trinajstić information content (AvgIpc) is 3.02. The van der Waals surface area contributed by atoms with Crippen LogP contribution in [-0.2, 0) is 16.6 Å². The summed E-state index contributed by atoms with van der Waals surface area (Å²) in [4.78, 5) is 0.0750. The number of hydrogen-bond acceptors (Lipinski definition) is 5. The molecule has 0 spiro atoms. The zero-order valence-electron chi connectivity index (χ0n) is 13.1. The van der Waals surface area contributed by atoms with Crippen molar-refractivity contribution in [3.63, 3.8) is 0 Å². The molecule has 0 saturated carbocycles. The summed E-state index contributed by atoms with van der Waals surface area (Å²) in [5, 5.41) is 13.8. The number of rotatable bonds is 8. The smallest absolute Gasteiger partial charge is 0.243 e. The van der Waals surface area contributed by atoms with E-state index in [4.69, 9.17) is 4.74 Å². The van der Waals surface area contributed by atoms with Crippen molar-refractivity contribution in [2.24, 2.45) is 0 Å². The Hall–Kier alpha value is -1.90. The first-order valence-electron chi connectivity index (χ1n) is 7.30. The van der Waals surface area contributed by atoms with Crippen molar-refractivity contribution in [2.75, 3.05) is 13.2 Å². The molecular formula is C15H21N3O4S. The zero-order chi connectivity index (χ0) is 16.9. The van der Waals surface area contributed by atoms with E-state index in [1.807, 2.05) is 26.0 Å². The first-order valence-corrected chi connectivity index (χ1v) is 8.78. The van der Waals surface area contributed by atoms with Gasteiger partial charge in [-0.3, -0.25) is 4.68 Å². The van der Waals surface area contributed by atoms with Crippen LogP contribution in [-0.4, -0.2) is 42.6 Å². The average molecular weight is 339 g/mol. The summed E-state index contributed by atoms with van der Waals surface area (Å²) in [5.74, 6) is 0.627. The largest absolute Gasteiger partial charge is 0.491 e. The number of nitrogens with one attached hydrogen (secondary N) is 1. The van der Waals surface area contributed by atoms with Crippen molar-refractivity contribution in [1.29, 1.82) is 0 Å². The van der Waals surface area contributed by atoms with E-state index in [0.717, 1.165) is 5.56 Å². The quantitative estimate of drug-likeness (QED) is 0.746. The molecule has 0 aliphatic carbocycles. The number of aromatic nitrogens is 2. The van der Waals surface area contributed by atoms with Crippen LogP contribution in [0.4, 0.5) is 0 Å². The van der Waals surface area contributed by atoms with Crippen LogP contribution in [0.15, 0.2) is 41.6 Å². The fourth-order valence-corrected chi connectivity index (χ4v) is 2.86. The van der Waals surface area contributed by atoms with Crippen LogP contribution in [0.5, 0.6) is 5.75 Å². The van der Waals surface area contributed by atoms with Crippen molar-refractivity contribution < 1.29 is 18.3 Å². The van der Waals surface area contributed by atoms with E-state index >= 15 is 0 Å². The van der Waals surface area contributed by atoms with Crippen LogP contribution in [0.1, 0.15) is 12.5 Å². The molecule has 23 heavy (non-hydrogen) atoms. The van der Waals surface area contributed by atoms with E-state index in [0.29, 0.717) is 12.3 Å². The SMILES string of the molecule is CCn1cc(S(=O)(=O)NC[C@@H](O)COc2ccc(C)cc2)cn1. The third-order valence-electron chi connectivity index (χ3n) is 3.22. The highest BCUT2D eigenvalue weighted by atomic mass is 32.2. The fraction of sp³-hybridized carbons (Fsp3) is 0.400. The van der Waals surface area contributed by atoms with Gasteiger partial charge in [0.25, 0.3) is 0 Å². The van der Waals surface area contributed by atoms with E-state index in [2.05, 4.69) is 9.82 Å². The number of aliphatic hydroxyl groups is 1. The standard InChI is InChI=1S/C15H21N3O4S/c1-3-18-10-15(9-16-18)23(20,21)17-8-13(19)11-22-14-6-4-12(2)5-7-14/h4-7,9-10,13,17,19H,3,8,11H2,1-2H3/t13-/m1/s1. The predicted octanol–water partition coefficient (Wildman–Crippen LogP) is 0.930. The molecule has 1 atom stereocenters. The minimum absolute atomic E-state index is 0.000196. The van der Waals surface area contributed by atoms with Gasteiger partial charge < -0.3 is 9.84 Å². The molecule has 1 heterocycles. The minimum Gasteiger partial charge on any atom is -0.491 e. The van der Waals surface area contributed by atoms with Crippen molar-refractivity contribution in [2.45, 2.75) is 31.4 Å². The predicted molar refractivity (Wildman–Crippen MR) is 85.8 cm³/mol. The molecular weight excluding hydrogens is 318 g/mol. The second-order valence-electron chi connectivity index (χ2n) is 5.16.